The van der Waals surface area contributed by atoms with Gasteiger partial charge in [-0.25, -0.2) is 0 Å². The molecule has 102 valence electrons. The lowest BCUT2D eigenvalue weighted by atomic mass is 10.0. The van der Waals surface area contributed by atoms with Crippen molar-refractivity contribution >= 4 is 0 Å². The summed E-state index contributed by atoms with van der Waals surface area (Å²) in [5, 5.41) is 10.1. The molecule has 4 heteroatoms. The van der Waals surface area contributed by atoms with Gasteiger partial charge in [0.25, 0.3) is 0 Å². The molecule has 0 bridgehead atoms. The van der Waals surface area contributed by atoms with Crippen molar-refractivity contribution in [3.63, 3.8) is 0 Å². The smallest absolute Gasteiger partial charge is 0.203 e. The van der Waals surface area contributed by atoms with Crippen molar-refractivity contribution < 1.29 is 19.3 Å². The van der Waals surface area contributed by atoms with Gasteiger partial charge in [-0.2, -0.15) is 0 Å². The monoisotopic (exact) mass is 254 g/mol. The predicted octanol–water partition coefficient (Wildman–Crippen LogP) is 2.63. The summed E-state index contributed by atoms with van der Waals surface area (Å²) in [6.07, 6.45) is 1.60. The van der Waals surface area contributed by atoms with Crippen molar-refractivity contribution in [1.82, 2.24) is 0 Å². The quantitative estimate of drug-likeness (QED) is 0.812. The fraction of sp³-hybridized carbons (Fsp3) is 0.571. The van der Waals surface area contributed by atoms with Gasteiger partial charge in [-0.3, -0.25) is 0 Å². The molecule has 0 heterocycles. The number of aliphatic hydroxyl groups is 1. The second kappa shape index (κ2) is 6.50. The molecule has 1 unspecified atom stereocenters. The zero-order valence-electron chi connectivity index (χ0n) is 11.5. The van der Waals surface area contributed by atoms with Crippen LogP contribution in [-0.4, -0.2) is 31.5 Å². The normalized spacial score (nSPS) is 13.8. The van der Waals surface area contributed by atoms with Crippen LogP contribution >= 0.6 is 0 Å². The highest BCUT2D eigenvalue weighted by molar-refractivity contribution is 5.51. The summed E-state index contributed by atoms with van der Waals surface area (Å²) in [7, 11) is 3.14. The molecule has 0 aromatic heterocycles. The zero-order valence-corrected chi connectivity index (χ0v) is 11.5. The predicted molar refractivity (Wildman–Crippen MR) is 70.6 cm³/mol. The minimum absolute atomic E-state index is 0.227. The minimum Gasteiger partial charge on any atom is -0.493 e. The molecule has 0 amide bonds. The van der Waals surface area contributed by atoms with Gasteiger partial charge in [0, 0.05) is 0 Å². The van der Waals surface area contributed by atoms with Gasteiger partial charge in [0.2, 0.25) is 5.75 Å². The van der Waals surface area contributed by atoms with Crippen LogP contribution in [-0.2, 0) is 0 Å². The molecule has 1 rings (SSSR count). The number of para-hydroxylation sites is 1. The summed E-state index contributed by atoms with van der Waals surface area (Å²) >= 11 is 0. The van der Waals surface area contributed by atoms with E-state index in [-0.39, 0.29) is 6.61 Å². The average molecular weight is 254 g/mol. The van der Waals surface area contributed by atoms with Crippen LogP contribution in [0.3, 0.4) is 0 Å². The Bertz CT molecular complexity index is 374. The van der Waals surface area contributed by atoms with Crippen LogP contribution in [0.15, 0.2) is 18.2 Å². The van der Waals surface area contributed by atoms with Crippen LogP contribution in [0, 0.1) is 0 Å². The summed E-state index contributed by atoms with van der Waals surface area (Å²) in [6.45, 7) is 4.02. The number of hydrogen-bond donors (Lipinski definition) is 1. The fourth-order valence-corrected chi connectivity index (χ4v) is 1.82. The van der Waals surface area contributed by atoms with Gasteiger partial charge in [0.15, 0.2) is 11.5 Å². The second-order valence-electron chi connectivity index (χ2n) is 4.53. The maximum absolute atomic E-state index is 10.1. The molecule has 0 saturated heterocycles. The van der Waals surface area contributed by atoms with E-state index < -0.39 is 5.60 Å². The molecule has 1 aromatic rings. The first kappa shape index (κ1) is 14.6. The lowest BCUT2D eigenvalue weighted by Gasteiger charge is -2.23. The molecule has 18 heavy (non-hydrogen) atoms. The number of hydrogen-bond acceptors (Lipinski definition) is 4. The highest BCUT2D eigenvalue weighted by Crippen LogP contribution is 2.37. The molecule has 0 saturated carbocycles. The minimum atomic E-state index is -0.831. The van der Waals surface area contributed by atoms with E-state index in [1.54, 1.807) is 33.3 Å². The lowest BCUT2D eigenvalue weighted by Crippen LogP contribution is -2.32. The highest BCUT2D eigenvalue weighted by Gasteiger charge is 2.21. The van der Waals surface area contributed by atoms with E-state index in [0.717, 1.165) is 6.42 Å². The summed E-state index contributed by atoms with van der Waals surface area (Å²) in [4.78, 5) is 0. The number of rotatable bonds is 7. The van der Waals surface area contributed by atoms with Gasteiger partial charge < -0.3 is 19.3 Å². The second-order valence-corrected chi connectivity index (χ2v) is 4.53. The molecule has 0 aliphatic rings. The van der Waals surface area contributed by atoms with Crippen LogP contribution in [0.4, 0.5) is 0 Å². The SMILES string of the molecule is CCCC(C)(O)COc1cccc(OC)c1OC. The van der Waals surface area contributed by atoms with Crippen molar-refractivity contribution in [1.29, 1.82) is 0 Å². The molecule has 1 N–H and O–H groups in total. The van der Waals surface area contributed by atoms with E-state index in [9.17, 15) is 5.11 Å². The van der Waals surface area contributed by atoms with E-state index in [1.165, 1.54) is 0 Å². The van der Waals surface area contributed by atoms with Gasteiger partial charge >= 0.3 is 0 Å². The van der Waals surface area contributed by atoms with Crippen molar-refractivity contribution in [3.05, 3.63) is 18.2 Å². The Hall–Kier alpha value is -1.42. The maximum Gasteiger partial charge on any atom is 0.203 e. The fourth-order valence-electron chi connectivity index (χ4n) is 1.82. The molecule has 4 nitrogen and oxygen atoms in total. The number of ether oxygens (including phenoxy) is 3. The molecule has 0 aliphatic carbocycles. The molecular formula is C14H22O4. The summed E-state index contributed by atoms with van der Waals surface area (Å²) < 4.78 is 16.1. The first-order valence-electron chi connectivity index (χ1n) is 6.10. The molecule has 0 radical (unpaired) electrons. The number of methoxy groups -OCH3 is 2. The standard InChI is InChI=1S/C14H22O4/c1-5-9-14(2,15)10-18-12-8-6-7-11(16-3)13(12)17-4/h6-8,15H,5,9-10H2,1-4H3. The van der Waals surface area contributed by atoms with Gasteiger partial charge in [-0.15, -0.1) is 0 Å². The third kappa shape index (κ3) is 3.81. The Morgan fingerprint density at radius 2 is 1.83 bits per heavy atom. The van der Waals surface area contributed by atoms with Crippen LogP contribution in [0.1, 0.15) is 26.7 Å². The molecule has 0 spiro atoms. The van der Waals surface area contributed by atoms with Gasteiger partial charge in [0.1, 0.15) is 6.61 Å². The van der Waals surface area contributed by atoms with E-state index in [0.29, 0.717) is 23.7 Å². The topological polar surface area (TPSA) is 47.9 Å². The van der Waals surface area contributed by atoms with E-state index in [2.05, 4.69) is 0 Å². The van der Waals surface area contributed by atoms with Crippen LogP contribution < -0.4 is 14.2 Å². The Morgan fingerprint density at radius 3 is 2.39 bits per heavy atom. The van der Waals surface area contributed by atoms with Crippen molar-refractivity contribution in [2.75, 3.05) is 20.8 Å². The van der Waals surface area contributed by atoms with Crippen molar-refractivity contribution in [2.24, 2.45) is 0 Å². The maximum atomic E-state index is 10.1. The van der Waals surface area contributed by atoms with E-state index in [1.807, 2.05) is 13.0 Å². The summed E-state index contributed by atoms with van der Waals surface area (Å²) in [5.41, 5.74) is -0.831. The van der Waals surface area contributed by atoms with Crippen LogP contribution in [0.2, 0.25) is 0 Å². The van der Waals surface area contributed by atoms with Crippen molar-refractivity contribution in [3.8, 4) is 17.2 Å². The largest absolute Gasteiger partial charge is 0.493 e. The summed E-state index contributed by atoms with van der Waals surface area (Å²) in [5.74, 6) is 1.74. The number of benzene rings is 1. The Morgan fingerprint density at radius 1 is 1.17 bits per heavy atom. The Balaban J connectivity index is 2.78. The van der Waals surface area contributed by atoms with Crippen LogP contribution in [0.5, 0.6) is 17.2 Å². The molecule has 0 aliphatic heterocycles. The van der Waals surface area contributed by atoms with Gasteiger partial charge in [0.05, 0.1) is 19.8 Å². The van der Waals surface area contributed by atoms with Crippen molar-refractivity contribution in [2.45, 2.75) is 32.3 Å². The summed E-state index contributed by atoms with van der Waals surface area (Å²) in [6, 6.07) is 5.42. The highest BCUT2D eigenvalue weighted by atomic mass is 16.5. The average Bonchev–Trinajstić information content (AvgIpc) is 2.35. The van der Waals surface area contributed by atoms with Gasteiger partial charge in [-0.05, 0) is 25.5 Å². The molecule has 1 aromatic carbocycles. The molecule has 1 atom stereocenters. The lowest BCUT2D eigenvalue weighted by molar-refractivity contribution is 0.00306. The first-order valence-corrected chi connectivity index (χ1v) is 6.10. The molecule has 0 fully saturated rings. The van der Waals surface area contributed by atoms with Crippen LogP contribution in [0.25, 0.3) is 0 Å². The first-order chi connectivity index (χ1) is 8.54. The third-order valence-corrected chi connectivity index (χ3v) is 2.69. The Labute approximate surface area is 108 Å². The van der Waals surface area contributed by atoms with E-state index in [4.69, 9.17) is 14.2 Å². The third-order valence-electron chi connectivity index (χ3n) is 2.69. The van der Waals surface area contributed by atoms with Gasteiger partial charge in [-0.1, -0.05) is 19.4 Å². The molecular weight excluding hydrogens is 232 g/mol. The van der Waals surface area contributed by atoms with E-state index >= 15 is 0 Å². The zero-order chi connectivity index (χ0) is 13.6. The Kier molecular flexibility index (Phi) is 5.28.